The van der Waals surface area contributed by atoms with Crippen LogP contribution in [0.2, 0.25) is 0 Å². The third-order valence-corrected chi connectivity index (χ3v) is 4.18. The molecule has 5 heteroatoms. The summed E-state index contributed by atoms with van der Waals surface area (Å²) in [5.74, 6) is 1.31. The van der Waals surface area contributed by atoms with Crippen LogP contribution in [-0.4, -0.2) is 11.9 Å². The Kier molecular flexibility index (Phi) is 6.45. The highest BCUT2D eigenvalue weighted by molar-refractivity contribution is 5.84. The molecule has 0 bridgehead atoms. The Morgan fingerprint density at radius 3 is 2.10 bits per heavy atom. The minimum atomic E-state index is -0.500. The number of benzene rings is 2. The van der Waals surface area contributed by atoms with Gasteiger partial charge in [0.25, 0.3) is 0 Å². The average Bonchev–Trinajstić information content (AvgIpc) is 3.21. The van der Waals surface area contributed by atoms with E-state index in [1.165, 1.54) is 0 Å². The molecule has 2 aromatic carbocycles. The van der Waals surface area contributed by atoms with E-state index in [9.17, 15) is 9.59 Å². The Balaban J connectivity index is 1.70. The number of carbonyl (C=O) groups is 2. The molecule has 3 aromatic rings. The second-order valence-electron chi connectivity index (χ2n) is 6.33. The van der Waals surface area contributed by atoms with Gasteiger partial charge in [0, 0.05) is 17.7 Å². The van der Waals surface area contributed by atoms with E-state index in [0.717, 1.165) is 28.8 Å². The molecular weight excluding hydrogens is 380 g/mol. The van der Waals surface area contributed by atoms with Crippen molar-refractivity contribution in [1.82, 2.24) is 0 Å². The summed E-state index contributed by atoms with van der Waals surface area (Å²) < 4.78 is 16.1. The van der Waals surface area contributed by atoms with Gasteiger partial charge in [-0.15, -0.1) is 0 Å². The first-order valence-electron chi connectivity index (χ1n) is 9.16. The number of aryl methyl sites for hydroxylation is 1. The SMILES string of the molecule is C=CC(=O)Oc1ccc(/C=C/c2ccc(-c3ccc(OC(=O)C=C)cc3C)o2)cc1. The van der Waals surface area contributed by atoms with Crippen molar-refractivity contribution in [1.29, 1.82) is 0 Å². The van der Waals surface area contributed by atoms with Crippen molar-refractivity contribution >= 4 is 24.1 Å². The Morgan fingerprint density at radius 1 is 0.833 bits per heavy atom. The summed E-state index contributed by atoms with van der Waals surface area (Å²) in [6.45, 7) is 8.67. The number of hydrogen-bond acceptors (Lipinski definition) is 5. The van der Waals surface area contributed by atoms with E-state index in [2.05, 4.69) is 13.2 Å². The molecule has 0 radical (unpaired) electrons. The second kappa shape index (κ2) is 9.39. The van der Waals surface area contributed by atoms with Crippen LogP contribution in [0.4, 0.5) is 0 Å². The molecule has 0 N–H and O–H groups in total. The molecule has 30 heavy (non-hydrogen) atoms. The van der Waals surface area contributed by atoms with Crippen LogP contribution in [0.1, 0.15) is 16.9 Å². The van der Waals surface area contributed by atoms with Crippen molar-refractivity contribution in [2.45, 2.75) is 6.92 Å². The van der Waals surface area contributed by atoms with Crippen LogP contribution in [0.15, 0.2) is 84.3 Å². The van der Waals surface area contributed by atoms with E-state index in [1.54, 1.807) is 24.3 Å². The van der Waals surface area contributed by atoms with Crippen molar-refractivity contribution in [2.75, 3.05) is 0 Å². The molecule has 5 nitrogen and oxygen atoms in total. The van der Waals surface area contributed by atoms with Crippen molar-refractivity contribution in [3.63, 3.8) is 0 Å². The van der Waals surface area contributed by atoms with Gasteiger partial charge >= 0.3 is 11.9 Å². The number of hydrogen-bond donors (Lipinski definition) is 0. The largest absolute Gasteiger partial charge is 0.457 e. The average molecular weight is 400 g/mol. The number of esters is 2. The molecule has 150 valence electrons. The van der Waals surface area contributed by atoms with Crippen LogP contribution >= 0.6 is 0 Å². The predicted octanol–water partition coefficient (Wildman–Crippen LogP) is 5.61. The summed E-state index contributed by atoms with van der Waals surface area (Å²) in [4.78, 5) is 22.5. The molecule has 0 aliphatic carbocycles. The maximum absolute atomic E-state index is 11.3. The normalized spacial score (nSPS) is 10.6. The van der Waals surface area contributed by atoms with Crippen LogP contribution in [-0.2, 0) is 9.59 Å². The maximum Gasteiger partial charge on any atom is 0.335 e. The molecule has 0 saturated heterocycles. The van der Waals surface area contributed by atoms with Gasteiger partial charge in [-0.05, 0) is 66.6 Å². The molecule has 1 heterocycles. The first-order chi connectivity index (χ1) is 14.5. The van der Waals surface area contributed by atoms with E-state index in [-0.39, 0.29) is 0 Å². The van der Waals surface area contributed by atoms with E-state index in [0.29, 0.717) is 23.0 Å². The van der Waals surface area contributed by atoms with Crippen molar-refractivity contribution < 1.29 is 23.5 Å². The van der Waals surface area contributed by atoms with Crippen LogP contribution in [0.3, 0.4) is 0 Å². The van der Waals surface area contributed by atoms with Crippen LogP contribution in [0, 0.1) is 6.92 Å². The maximum atomic E-state index is 11.3. The number of carbonyl (C=O) groups excluding carboxylic acids is 2. The van der Waals surface area contributed by atoms with Gasteiger partial charge in [0.05, 0.1) is 0 Å². The van der Waals surface area contributed by atoms with Crippen molar-refractivity contribution in [3.8, 4) is 22.8 Å². The molecule has 0 spiro atoms. The Bertz CT molecular complexity index is 1120. The zero-order chi connectivity index (χ0) is 21.5. The zero-order valence-electron chi connectivity index (χ0n) is 16.5. The molecule has 0 atom stereocenters. The summed E-state index contributed by atoms with van der Waals surface area (Å²) in [6.07, 6.45) is 5.98. The summed E-state index contributed by atoms with van der Waals surface area (Å²) in [7, 11) is 0. The summed E-state index contributed by atoms with van der Waals surface area (Å²) in [5.41, 5.74) is 2.75. The molecule has 0 aliphatic heterocycles. The predicted molar refractivity (Wildman–Crippen MR) is 116 cm³/mol. The third kappa shape index (κ3) is 5.23. The van der Waals surface area contributed by atoms with Crippen LogP contribution < -0.4 is 9.47 Å². The third-order valence-electron chi connectivity index (χ3n) is 4.18. The van der Waals surface area contributed by atoms with Gasteiger partial charge in [0.1, 0.15) is 23.0 Å². The highest BCUT2D eigenvalue weighted by Gasteiger charge is 2.09. The molecular formula is C25H20O5. The molecule has 0 saturated carbocycles. The van der Waals surface area contributed by atoms with Crippen molar-refractivity contribution in [2.24, 2.45) is 0 Å². The lowest BCUT2D eigenvalue weighted by Gasteiger charge is -2.06. The molecule has 0 unspecified atom stereocenters. The molecule has 0 amide bonds. The fraction of sp³-hybridized carbons (Fsp3) is 0.0400. The second-order valence-corrected chi connectivity index (χ2v) is 6.33. The number of furan rings is 1. The fourth-order valence-corrected chi connectivity index (χ4v) is 2.70. The number of ether oxygens (including phenoxy) is 2. The summed E-state index contributed by atoms with van der Waals surface area (Å²) in [5, 5.41) is 0. The van der Waals surface area contributed by atoms with Gasteiger partial charge in [-0.25, -0.2) is 9.59 Å². The quantitative estimate of drug-likeness (QED) is 0.293. The van der Waals surface area contributed by atoms with Gasteiger partial charge in [0.2, 0.25) is 0 Å². The van der Waals surface area contributed by atoms with E-state index in [1.807, 2.05) is 49.4 Å². The molecule has 3 rings (SSSR count). The highest BCUT2D eigenvalue weighted by atomic mass is 16.5. The van der Waals surface area contributed by atoms with Crippen LogP contribution in [0.25, 0.3) is 23.5 Å². The van der Waals surface area contributed by atoms with Crippen molar-refractivity contribution in [3.05, 3.63) is 96.8 Å². The monoisotopic (exact) mass is 400 g/mol. The Labute approximate surface area is 174 Å². The minimum absolute atomic E-state index is 0.454. The fourth-order valence-electron chi connectivity index (χ4n) is 2.70. The van der Waals surface area contributed by atoms with Gasteiger partial charge in [0.15, 0.2) is 0 Å². The summed E-state index contributed by atoms with van der Waals surface area (Å²) in [6, 6.07) is 16.2. The first-order valence-corrected chi connectivity index (χ1v) is 9.16. The minimum Gasteiger partial charge on any atom is -0.457 e. The zero-order valence-corrected chi connectivity index (χ0v) is 16.5. The lowest BCUT2D eigenvalue weighted by Crippen LogP contribution is -2.03. The van der Waals surface area contributed by atoms with Gasteiger partial charge in [-0.2, -0.15) is 0 Å². The number of rotatable bonds is 7. The highest BCUT2D eigenvalue weighted by Crippen LogP contribution is 2.29. The molecule has 0 aliphatic rings. The van der Waals surface area contributed by atoms with Crippen LogP contribution in [0.5, 0.6) is 11.5 Å². The smallest absolute Gasteiger partial charge is 0.335 e. The lowest BCUT2D eigenvalue weighted by molar-refractivity contribution is -0.129. The van der Waals surface area contributed by atoms with E-state index >= 15 is 0 Å². The van der Waals surface area contributed by atoms with Gasteiger partial charge in [-0.1, -0.05) is 31.4 Å². The molecule has 1 aromatic heterocycles. The first kappa shape index (κ1) is 20.6. The lowest BCUT2D eigenvalue weighted by atomic mass is 10.1. The standard InChI is InChI=1S/C25H20O5/c1-4-24(26)29-20-10-7-18(8-11-20)6-9-19-13-15-23(28-19)22-14-12-21(16-17(22)3)30-25(27)5-2/h4-16H,1-2H2,3H3/b9-6+. The van der Waals surface area contributed by atoms with Gasteiger partial charge in [-0.3, -0.25) is 0 Å². The van der Waals surface area contributed by atoms with Gasteiger partial charge < -0.3 is 13.9 Å². The topological polar surface area (TPSA) is 65.7 Å². The Hall–Kier alpha value is -4.12. The summed E-state index contributed by atoms with van der Waals surface area (Å²) >= 11 is 0. The molecule has 0 fully saturated rings. The van der Waals surface area contributed by atoms with E-state index in [4.69, 9.17) is 13.9 Å². The van der Waals surface area contributed by atoms with E-state index < -0.39 is 11.9 Å². The Morgan fingerprint density at radius 2 is 1.47 bits per heavy atom.